The number of oxime groups is 1. The van der Waals surface area contributed by atoms with Gasteiger partial charge < -0.3 is 20.6 Å². The second kappa shape index (κ2) is 11.8. The fraction of sp³-hybridized carbons (Fsp3) is 0.480. The van der Waals surface area contributed by atoms with Crippen molar-refractivity contribution in [2.45, 2.75) is 76.9 Å². The van der Waals surface area contributed by atoms with E-state index in [0.717, 1.165) is 15.9 Å². The van der Waals surface area contributed by atoms with E-state index in [4.69, 9.17) is 10.5 Å². The number of rotatable bonds is 5. The van der Waals surface area contributed by atoms with E-state index in [1.165, 1.54) is 0 Å². The van der Waals surface area contributed by atoms with Crippen molar-refractivity contribution < 1.29 is 54.3 Å². The predicted octanol–water partition coefficient (Wildman–Crippen LogP) is 6.92. The highest BCUT2D eigenvalue weighted by molar-refractivity contribution is 5.90. The lowest BCUT2D eigenvalue weighted by Crippen LogP contribution is -2.50. The SMILES string of the molecule is CCC1CC(N(Cc2cc(C(F)(F)F)cc(C(F)(F)F)c2)/C(N)=N/O)c2nc(C(F)(F)F)ccc2N1C(=O)OC(C)C. The Kier molecular flexibility index (Phi) is 9.12. The van der Waals surface area contributed by atoms with Crippen LogP contribution in [-0.2, 0) is 29.8 Å². The molecule has 2 heterocycles. The minimum Gasteiger partial charge on any atom is -0.446 e. The summed E-state index contributed by atoms with van der Waals surface area (Å²) in [6.45, 7) is 3.86. The maximum Gasteiger partial charge on any atom is 0.433 e. The molecule has 3 rings (SSSR count). The lowest BCUT2D eigenvalue weighted by atomic mass is 9.91. The van der Waals surface area contributed by atoms with Crippen molar-refractivity contribution in [3.05, 3.63) is 58.4 Å². The third kappa shape index (κ3) is 7.10. The minimum absolute atomic E-state index is 0.0876. The molecule has 17 heteroatoms. The number of benzene rings is 1. The van der Waals surface area contributed by atoms with Crippen molar-refractivity contribution in [3.63, 3.8) is 0 Å². The summed E-state index contributed by atoms with van der Waals surface area (Å²) in [6, 6.07) is 0.122. The van der Waals surface area contributed by atoms with Crippen molar-refractivity contribution >= 4 is 17.7 Å². The third-order valence-corrected chi connectivity index (χ3v) is 6.41. The summed E-state index contributed by atoms with van der Waals surface area (Å²) in [6.07, 6.45) is -16.9. The number of fused-ring (bicyclic) bond motifs is 1. The molecule has 0 bridgehead atoms. The Bertz CT molecular complexity index is 1290. The normalized spacial score (nSPS) is 18.2. The number of hydrogen-bond donors (Lipinski definition) is 2. The molecule has 1 aromatic heterocycles. The summed E-state index contributed by atoms with van der Waals surface area (Å²) < 4.78 is 127. The first-order valence-electron chi connectivity index (χ1n) is 12.4. The van der Waals surface area contributed by atoms with E-state index in [9.17, 15) is 49.5 Å². The summed E-state index contributed by atoms with van der Waals surface area (Å²) in [5, 5.41) is 12.3. The molecule has 0 spiro atoms. The second-order valence-electron chi connectivity index (χ2n) is 9.71. The van der Waals surface area contributed by atoms with E-state index in [2.05, 4.69) is 10.1 Å². The number of alkyl halides is 9. The number of anilines is 1. The molecule has 1 aliphatic rings. The molecule has 0 aliphatic carbocycles. The lowest BCUT2D eigenvalue weighted by molar-refractivity contribution is -0.143. The number of amides is 1. The van der Waals surface area contributed by atoms with E-state index in [0.29, 0.717) is 18.2 Å². The molecule has 2 aromatic rings. The second-order valence-corrected chi connectivity index (χ2v) is 9.71. The van der Waals surface area contributed by atoms with Crippen LogP contribution in [0.3, 0.4) is 0 Å². The molecule has 1 amide bonds. The van der Waals surface area contributed by atoms with Crippen LogP contribution < -0.4 is 10.6 Å². The summed E-state index contributed by atoms with van der Waals surface area (Å²) in [7, 11) is 0. The van der Waals surface area contributed by atoms with Gasteiger partial charge in [0.05, 0.1) is 34.7 Å². The zero-order chi connectivity index (χ0) is 31.8. The molecule has 0 radical (unpaired) electrons. The first kappa shape index (κ1) is 32.6. The first-order chi connectivity index (χ1) is 19.3. The maximum atomic E-state index is 13.7. The topological polar surface area (TPSA) is 104 Å². The van der Waals surface area contributed by atoms with Gasteiger partial charge in [0.25, 0.3) is 0 Å². The number of aromatic nitrogens is 1. The maximum absolute atomic E-state index is 13.7. The summed E-state index contributed by atoms with van der Waals surface area (Å²) >= 11 is 0. The Morgan fingerprint density at radius 1 is 1.07 bits per heavy atom. The number of nitrogens with zero attached hydrogens (tertiary/aromatic N) is 4. The Balaban J connectivity index is 2.24. The average Bonchev–Trinajstić information content (AvgIpc) is 2.87. The molecule has 232 valence electrons. The van der Waals surface area contributed by atoms with Crippen molar-refractivity contribution in [1.82, 2.24) is 9.88 Å². The number of halogens is 9. The highest BCUT2D eigenvalue weighted by Gasteiger charge is 2.43. The fourth-order valence-electron chi connectivity index (χ4n) is 4.59. The van der Waals surface area contributed by atoms with Gasteiger partial charge in [0.1, 0.15) is 5.69 Å². The summed E-state index contributed by atoms with van der Waals surface area (Å²) in [5.74, 6) is -0.829. The van der Waals surface area contributed by atoms with Crippen LogP contribution >= 0.6 is 0 Å². The number of ether oxygens (including phenoxy) is 1. The van der Waals surface area contributed by atoms with Gasteiger partial charge in [0.2, 0.25) is 5.96 Å². The van der Waals surface area contributed by atoms with Gasteiger partial charge in [-0.2, -0.15) is 39.5 Å². The molecule has 42 heavy (non-hydrogen) atoms. The molecule has 8 nitrogen and oxygen atoms in total. The number of guanidine groups is 1. The van der Waals surface area contributed by atoms with Gasteiger partial charge in [0, 0.05) is 12.6 Å². The van der Waals surface area contributed by atoms with Crippen LogP contribution in [0, 0.1) is 0 Å². The van der Waals surface area contributed by atoms with E-state index >= 15 is 0 Å². The number of carbonyl (C=O) groups excluding carboxylic acids is 1. The minimum atomic E-state index is -5.18. The molecule has 1 aliphatic heterocycles. The van der Waals surface area contributed by atoms with E-state index in [-0.39, 0.29) is 24.6 Å². The van der Waals surface area contributed by atoms with Crippen molar-refractivity contribution in [2.75, 3.05) is 4.90 Å². The molecule has 2 unspecified atom stereocenters. The molecule has 0 fully saturated rings. The monoisotopic (exact) mass is 615 g/mol. The van der Waals surface area contributed by atoms with Crippen LogP contribution in [0.2, 0.25) is 0 Å². The molecule has 0 saturated heterocycles. The molecular formula is C25H26F9N5O3. The number of hydrogen-bond acceptors (Lipinski definition) is 5. The van der Waals surface area contributed by atoms with Gasteiger partial charge in [-0.3, -0.25) is 4.90 Å². The standard InChI is InChI=1S/C25H26F9N5O3/c1-4-16-10-18(20-17(39(16)22(40)42-12(2)3)5-6-19(36-20)25(32,33)34)38(21(35)37-41)11-13-7-14(23(26,27)28)9-15(8-13)24(29,30)31/h5-9,12,16,18,41H,4,10-11H2,1-3H3,(H2,35,37). The highest BCUT2D eigenvalue weighted by Crippen LogP contribution is 2.44. The van der Waals surface area contributed by atoms with Crippen LogP contribution in [-0.4, -0.2) is 39.3 Å². The Labute approximate surface area is 233 Å². The predicted molar refractivity (Wildman–Crippen MR) is 130 cm³/mol. The van der Waals surface area contributed by atoms with Crippen LogP contribution in [0.5, 0.6) is 0 Å². The van der Waals surface area contributed by atoms with Crippen molar-refractivity contribution in [1.29, 1.82) is 0 Å². The van der Waals surface area contributed by atoms with Crippen LogP contribution in [0.4, 0.5) is 50.0 Å². The Morgan fingerprint density at radius 3 is 2.10 bits per heavy atom. The van der Waals surface area contributed by atoms with E-state index < -0.39 is 83.4 Å². The van der Waals surface area contributed by atoms with E-state index in [1.807, 2.05) is 0 Å². The van der Waals surface area contributed by atoms with Crippen LogP contribution in [0.1, 0.15) is 67.7 Å². The van der Waals surface area contributed by atoms with Crippen molar-refractivity contribution in [3.8, 4) is 0 Å². The molecule has 1 aromatic carbocycles. The van der Waals surface area contributed by atoms with Gasteiger partial charge >= 0.3 is 24.6 Å². The number of nitrogens with two attached hydrogens (primary N) is 1. The Morgan fingerprint density at radius 2 is 1.64 bits per heavy atom. The van der Waals surface area contributed by atoms with Crippen LogP contribution in [0.25, 0.3) is 0 Å². The molecular weight excluding hydrogens is 589 g/mol. The summed E-state index contributed by atoms with van der Waals surface area (Å²) in [5.41, 5.74) is -0.0581. The van der Waals surface area contributed by atoms with Crippen LogP contribution in [0.15, 0.2) is 35.5 Å². The zero-order valence-electron chi connectivity index (χ0n) is 22.3. The molecule has 0 saturated carbocycles. The number of carbonyl (C=O) groups is 1. The summed E-state index contributed by atoms with van der Waals surface area (Å²) in [4.78, 5) is 18.6. The average molecular weight is 615 g/mol. The zero-order valence-corrected chi connectivity index (χ0v) is 22.3. The lowest BCUT2D eigenvalue weighted by Gasteiger charge is -2.43. The first-order valence-corrected chi connectivity index (χ1v) is 12.4. The molecule has 3 N–H and O–H groups in total. The molecule has 2 atom stereocenters. The van der Waals surface area contributed by atoms with Crippen molar-refractivity contribution in [2.24, 2.45) is 10.9 Å². The third-order valence-electron chi connectivity index (χ3n) is 6.41. The largest absolute Gasteiger partial charge is 0.446 e. The van der Waals surface area contributed by atoms with Gasteiger partial charge in [-0.25, -0.2) is 9.78 Å². The van der Waals surface area contributed by atoms with Gasteiger partial charge in [-0.1, -0.05) is 12.1 Å². The highest BCUT2D eigenvalue weighted by atomic mass is 19.4. The fourth-order valence-corrected chi connectivity index (χ4v) is 4.59. The Hall–Kier alpha value is -3.92. The van der Waals surface area contributed by atoms with Gasteiger partial charge in [0.15, 0.2) is 0 Å². The smallest absolute Gasteiger partial charge is 0.433 e. The number of pyridine rings is 1. The van der Waals surface area contributed by atoms with Gasteiger partial charge in [-0.05, 0) is 62.6 Å². The van der Waals surface area contributed by atoms with Gasteiger partial charge in [-0.15, -0.1) is 0 Å². The van der Waals surface area contributed by atoms with E-state index in [1.54, 1.807) is 20.8 Å². The quantitative estimate of drug-likeness (QED) is 0.125.